The molecular weight excluding hydrogens is 741 g/mol. The smallest absolute Gasteiger partial charge is 0.407 e. The Morgan fingerprint density at radius 3 is 1.67 bits per heavy atom. The number of amides is 4. The minimum absolute atomic E-state index is 0.140. The average Bonchev–Trinajstić information content (AvgIpc) is 4.05. The van der Waals surface area contributed by atoms with Crippen molar-refractivity contribution in [1.29, 1.82) is 5.26 Å². The Bertz CT molecular complexity index is 2410. The number of nitrogens with zero attached hydrogens (tertiary/aromatic N) is 6. The van der Waals surface area contributed by atoms with Crippen molar-refractivity contribution in [3.8, 4) is 28.5 Å². The van der Waals surface area contributed by atoms with Crippen molar-refractivity contribution in [3.05, 3.63) is 65.9 Å². The van der Waals surface area contributed by atoms with Gasteiger partial charge >= 0.3 is 12.2 Å². The van der Waals surface area contributed by atoms with Crippen molar-refractivity contribution in [1.82, 2.24) is 45.4 Å². The quantitative estimate of drug-likeness (QED) is 0.127. The molecule has 5 aromatic rings. The molecule has 0 aliphatic carbocycles. The van der Waals surface area contributed by atoms with Crippen LogP contribution in [0.3, 0.4) is 0 Å². The third kappa shape index (κ3) is 7.76. The van der Waals surface area contributed by atoms with E-state index in [1.165, 1.54) is 14.2 Å². The van der Waals surface area contributed by atoms with E-state index in [2.05, 4.69) is 26.7 Å². The summed E-state index contributed by atoms with van der Waals surface area (Å²) in [6.45, 7) is 8.62. The number of likely N-dealkylation sites (tertiary alicyclic amines) is 2. The van der Waals surface area contributed by atoms with Gasteiger partial charge in [-0.2, -0.15) is 5.26 Å². The molecule has 0 saturated carbocycles. The molecule has 2 aromatic carbocycles. The molecule has 7 rings (SSSR count). The number of pyridine rings is 1. The molecule has 0 bridgehead atoms. The topological polar surface area (TPSA) is 211 Å². The van der Waals surface area contributed by atoms with Crippen LogP contribution in [0.15, 0.2) is 48.5 Å². The van der Waals surface area contributed by atoms with Crippen LogP contribution in [0.25, 0.3) is 44.5 Å². The van der Waals surface area contributed by atoms with Crippen LogP contribution in [-0.4, -0.2) is 98.1 Å². The van der Waals surface area contributed by atoms with Crippen LogP contribution in [0.4, 0.5) is 9.59 Å². The molecule has 16 heteroatoms. The van der Waals surface area contributed by atoms with Gasteiger partial charge in [-0.25, -0.2) is 24.5 Å². The lowest BCUT2D eigenvalue weighted by molar-refractivity contribution is -0.136. The highest BCUT2D eigenvalue weighted by Gasteiger charge is 2.39. The van der Waals surface area contributed by atoms with Gasteiger partial charge in [0.2, 0.25) is 11.8 Å². The summed E-state index contributed by atoms with van der Waals surface area (Å²) in [6.07, 6.45) is 1.76. The number of H-pyrrole nitrogens is 2. The standard InChI is InChI=1S/C42H48N10O6/c1-22(2)35(49-41(55)57-5)39(53)51-17-7-9-33(51)37-45-28-14-11-24(19-30(28)47-37)26-13-16-27(44-32(26)21-43)25-12-15-29-31(20-25)48-38(46-29)34-10-8-18-52(34)40(54)36(23(3)4)50-42(56)58-6/h11-16,19-20,22-23,33-36H,7-10,17-18H2,1-6H3,(H,45,47)(H,46,48)(H,49,55)(H,50,56)/t33?,34?,35-,36?/m0/s1. The molecule has 2 aliphatic heterocycles. The summed E-state index contributed by atoms with van der Waals surface area (Å²) in [7, 11) is 2.55. The Morgan fingerprint density at radius 2 is 1.21 bits per heavy atom. The average molecular weight is 789 g/mol. The molecule has 2 fully saturated rings. The number of nitrogens with one attached hydrogen (secondary N) is 4. The molecule has 3 aromatic heterocycles. The highest BCUT2D eigenvalue weighted by atomic mass is 16.5. The predicted octanol–water partition coefficient (Wildman–Crippen LogP) is 6.13. The van der Waals surface area contributed by atoms with Crippen LogP contribution in [0, 0.1) is 23.2 Å². The molecule has 2 aliphatic rings. The first kappa shape index (κ1) is 39.7. The van der Waals surface area contributed by atoms with Gasteiger partial charge in [-0.1, -0.05) is 39.8 Å². The molecule has 4 atom stereocenters. The van der Waals surface area contributed by atoms with Crippen LogP contribution in [0.1, 0.15) is 82.8 Å². The van der Waals surface area contributed by atoms with Crippen LogP contribution >= 0.6 is 0 Å². The number of alkyl carbamates (subject to hydrolysis) is 2. The van der Waals surface area contributed by atoms with E-state index in [4.69, 9.17) is 24.4 Å². The zero-order valence-corrected chi connectivity index (χ0v) is 33.5. The Kier molecular flexibility index (Phi) is 11.3. The van der Waals surface area contributed by atoms with E-state index in [0.29, 0.717) is 47.0 Å². The molecule has 3 unspecified atom stereocenters. The molecule has 5 heterocycles. The number of aromatic amines is 2. The SMILES string of the molecule is COC(=O)NC(C(=O)N1CCCC1c1nc2cc(-c3ccc(-c4ccc5[nH]c(C6CCCN6C(=O)[C@@H](NC(=O)OC)C(C)C)nc5c4)c(C#N)n3)ccc2[nH]1)C(C)C. The number of carbonyl (C=O) groups excluding carboxylic acids is 4. The summed E-state index contributed by atoms with van der Waals surface area (Å²) in [6, 6.07) is 15.5. The second-order valence-electron chi connectivity index (χ2n) is 15.5. The molecule has 4 N–H and O–H groups in total. The van der Waals surface area contributed by atoms with Gasteiger partial charge < -0.3 is 39.9 Å². The number of methoxy groups -OCH3 is 2. The first-order chi connectivity index (χ1) is 27.9. The first-order valence-corrected chi connectivity index (χ1v) is 19.6. The molecule has 4 amide bonds. The van der Waals surface area contributed by atoms with Gasteiger partial charge in [0, 0.05) is 24.2 Å². The predicted molar refractivity (Wildman–Crippen MR) is 215 cm³/mol. The summed E-state index contributed by atoms with van der Waals surface area (Å²) in [5.74, 6) is 0.683. The molecule has 2 saturated heterocycles. The molecule has 0 radical (unpaired) electrons. The molecule has 58 heavy (non-hydrogen) atoms. The number of aromatic nitrogens is 5. The maximum Gasteiger partial charge on any atom is 0.407 e. The third-order valence-electron chi connectivity index (χ3n) is 11.1. The number of hydrogen-bond donors (Lipinski definition) is 4. The van der Waals surface area contributed by atoms with E-state index < -0.39 is 24.3 Å². The summed E-state index contributed by atoms with van der Waals surface area (Å²) < 4.78 is 9.52. The lowest BCUT2D eigenvalue weighted by atomic mass is 10.0. The van der Waals surface area contributed by atoms with Gasteiger partial charge in [-0.15, -0.1) is 0 Å². The summed E-state index contributed by atoms with van der Waals surface area (Å²) in [5, 5.41) is 15.6. The van der Waals surface area contributed by atoms with E-state index in [1.807, 2.05) is 76.2 Å². The lowest BCUT2D eigenvalue weighted by Crippen LogP contribution is -2.51. The summed E-state index contributed by atoms with van der Waals surface area (Å²) in [4.78, 5) is 76.2. The van der Waals surface area contributed by atoms with Gasteiger partial charge in [-0.05, 0) is 79.5 Å². The zero-order valence-electron chi connectivity index (χ0n) is 33.5. The molecule has 16 nitrogen and oxygen atoms in total. The number of carbonyl (C=O) groups is 4. The number of fused-ring (bicyclic) bond motifs is 2. The maximum atomic E-state index is 13.6. The van der Waals surface area contributed by atoms with Crippen molar-refractivity contribution in [2.75, 3.05) is 27.3 Å². The van der Waals surface area contributed by atoms with Crippen molar-refractivity contribution >= 4 is 46.1 Å². The first-order valence-electron chi connectivity index (χ1n) is 19.6. The van der Waals surface area contributed by atoms with Crippen LogP contribution < -0.4 is 10.6 Å². The number of benzene rings is 2. The summed E-state index contributed by atoms with van der Waals surface area (Å²) >= 11 is 0. The fourth-order valence-corrected chi connectivity index (χ4v) is 8.02. The highest BCUT2D eigenvalue weighted by molar-refractivity contribution is 5.88. The van der Waals surface area contributed by atoms with E-state index in [1.54, 1.807) is 9.80 Å². The van der Waals surface area contributed by atoms with E-state index in [-0.39, 0.29) is 41.4 Å². The lowest BCUT2D eigenvalue weighted by Gasteiger charge is -2.29. The van der Waals surface area contributed by atoms with Crippen LogP contribution in [0.2, 0.25) is 0 Å². The maximum absolute atomic E-state index is 13.6. The zero-order chi connectivity index (χ0) is 41.2. The summed E-state index contributed by atoms with van der Waals surface area (Å²) in [5.41, 5.74) is 6.04. The van der Waals surface area contributed by atoms with E-state index >= 15 is 0 Å². The Balaban J connectivity index is 1.11. The van der Waals surface area contributed by atoms with E-state index in [0.717, 1.165) is 47.8 Å². The normalized spacial score (nSPS) is 17.8. The van der Waals surface area contributed by atoms with E-state index in [9.17, 15) is 24.4 Å². The van der Waals surface area contributed by atoms with Crippen molar-refractivity contribution < 1.29 is 28.7 Å². The second kappa shape index (κ2) is 16.5. The monoisotopic (exact) mass is 788 g/mol. The van der Waals surface area contributed by atoms with Gasteiger partial charge in [-0.3, -0.25) is 9.59 Å². The fraction of sp³-hybridized carbons (Fsp3) is 0.429. The Morgan fingerprint density at radius 1 is 0.724 bits per heavy atom. The van der Waals surface area contributed by atoms with Crippen molar-refractivity contribution in [2.45, 2.75) is 77.5 Å². The number of hydrogen-bond acceptors (Lipinski definition) is 10. The van der Waals surface area contributed by atoms with Gasteiger partial charge in [0.15, 0.2) is 0 Å². The minimum atomic E-state index is -0.732. The fourth-order valence-electron chi connectivity index (χ4n) is 8.02. The Labute approximate surface area is 335 Å². The number of rotatable bonds is 10. The number of nitriles is 1. The molecular formula is C42H48N10O6. The van der Waals surface area contributed by atoms with Crippen LogP contribution in [-0.2, 0) is 19.1 Å². The van der Waals surface area contributed by atoms with Gasteiger partial charge in [0.05, 0.1) is 54.1 Å². The van der Waals surface area contributed by atoms with Gasteiger partial charge in [0.1, 0.15) is 35.5 Å². The molecule has 0 spiro atoms. The van der Waals surface area contributed by atoms with Crippen LogP contribution in [0.5, 0.6) is 0 Å². The molecule has 302 valence electrons. The van der Waals surface area contributed by atoms with Crippen molar-refractivity contribution in [3.63, 3.8) is 0 Å². The van der Waals surface area contributed by atoms with Gasteiger partial charge in [0.25, 0.3) is 0 Å². The second-order valence-corrected chi connectivity index (χ2v) is 15.5. The number of ether oxygens (including phenoxy) is 2. The highest BCUT2D eigenvalue weighted by Crippen LogP contribution is 2.36. The van der Waals surface area contributed by atoms with Crippen molar-refractivity contribution in [2.24, 2.45) is 11.8 Å². The minimum Gasteiger partial charge on any atom is -0.453 e. The largest absolute Gasteiger partial charge is 0.453 e. The third-order valence-corrected chi connectivity index (χ3v) is 11.1. The Hall–Kier alpha value is -6.50. The number of imidazole rings is 2.